The first-order valence-corrected chi connectivity index (χ1v) is 11.5. The smallest absolute Gasteiger partial charge is 0.255 e. The highest BCUT2D eigenvalue weighted by molar-refractivity contribution is 6.01. The summed E-state index contributed by atoms with van der Waals surface area (Å²) in [4.78, 5) is 29.1. The molecule has 6 heteroatoms. The molecule has 1 aliphatic rings. The average Bonchev–Trinajstić information content (AvgIpc) is 2.88. The standard InChI is InChI=1S/C28H30N2O4/c1-34-17-7-16-29-27(32)25-23-10-5-6-11-24(23)28(33)30(18-20-8-3-2-4-9-20)26(25)22-14-12-21(19-31)13-15-22/h2-6,8-15,25-26,31H,7,16-19H2,1H3,(H,29,32)/t25-,26+/m1/s1. The zero-order valence-corrected chi connectivity index (χ0v) is 19.3. The number of nitrogens with one attached hydrogen (secondary N) is 1. The molecule has 176 valence electrons. The van der Waals surface area contributed by atoms with E-state index < -0.39 is 12.0 Å². The lowest BCUT2D eigenvalue weighted by Crippen LogP contribution is -2.47. The number of benzene rings is 3. The Labute approximate surface area is 200 Å². The van der Waals surface area contributed by atoms with Crippen molar-refractivity contribution in [1.82, 2.24) is 10.2 Å². The van der Waals surface area contributed by atoms with Gasteiger partial charge in [0.15, 0.2) is 0 Å². The Morgan fingerprint density at radius 1 is 0.971 bits per heavy atom. The quantitative estimate of drug-likeness (QED) is 0.478. The molecule has 0 aromatic heterocycles. The number of hydrogen-bond acceptors (Lipinski definition) is 4. The summed E-state index contributed by atoms with van der Waals surface area (Å²) in [5.41, 5.74) is 3.91. The Balaban J connectivity index is 1.79. The van der Waals surface area contributed by atoms with Crippen molar-refractivity contribution in [2.24, 2.45) is 0 Å². The lowest BCUT2D eigenvalue weighted by atomic mass is 9.78. The van der Waals surface area contributed by atoms with E-state index in [1.165, 1.54) is 0 Å². The van der Waals surface area contributed by atoms with E-state index in [4.69, 9.17) is 4.74 Å². The first kappa shape index (κ1) is 23.7. The molecule has 0 saturated carbocycles. The summed E-state index contributed by atoms with van der Waals surface area (Å²) in [5.74, 6) is -0.787. The van der Waals surface area contributed by atoms with Crippen molar-refractivity contribution >= 4 is 11.8 Å². The number of rotatable bonds is 9. The molecule has 0 radical (unpaired) electrons. The molecule has 0 aliphatic carbocycles. The molecule has 0 spiro atoms. The number of amides is 2. The van der Waals surface area contributed by atoms with Crippen LogP contribution in [0.1, 0.15) is 51.0 Å². The van der Waals surface area contributed by atoms with Crippen LogP contribution in [0, 0.1) is 0 Å². The molecule has 34 heavy (non-hydrogen) atoms. The van der Waals surface area contributed by atoms with E-state index in [0.717, 1.165) is 22.3 Å². The predicted octanol–water partition coefficient (Wildman–Crippen LogP) is 3.81. The molecule has 6 nitrogen and oxygen atoms in total. The van der Waals surface area contributed by atoms with Crippen molar-refractivity contribution in [3.8, 4) is 0 Å². The van der Waals surface area contributed by atoms with E-state index >= 15 is 0 Å². The van der Waals surface area contributed by atoms with Crippen molar-refractivity contribution in [3.63, 3.8) is 0 Å². The van der Waals surface area contributed by atoms with Gasteiger partial charge in [0.2, 0.25) is 5.91 Å². The van der Waals surface area contributed by atoms with Crippen LogP contribution in [0.3, 0.4) is 0 Å². The average molecular weight is 459 g/mol. The summed E-state index contributed by atoms with van der Waals surface area (Å²) >= 11 is 0. The Bertz CT molecular complexity index is 1110. The zero-order chi connectivity index (χ0) is 23.9. The molecule has 3 aromatic rings. The highest BCUT2D eigenvalue weighted by Gasteiger charge is 2.43. The third kappa shape index (κ3) is 5.03. The maximum atomic E-state index is 13.7. The van der Waals surface area contributed by atoms with Crippen molar-refractivity contribution < 1.29 is 19.4 Å². The van der Waals surface area contributed by atoms with Crippen molar-refractivity contribution in [2.45, 2.75) is 31.5 Å². The van der Waals surface area contributed by atoms with Gasteiger partial charge in [-0.25, -0.2) is 0 Å². The third-order valence-electron chi connectivity index (χ3n) is 6.25. The lowest BCUT2D eigenvalue weighted by molar-refractivity contribution is -0.124. The summed E-state index contributed by atoms with van der Waals surface area (Å²) < 4.78 is 5.11. The summed E-state index contributed by atoms with van der Waals surface area (Å²) in [7, 11) is 1.64. The van der Waals surface area contributed by atoms with Gasteiger partial charge in [0.25, 0.3) is 5.91 Å². The Kier molecular flexibility index (Phi) is 7.72. The molecule has 0 unspecified atom stereocenters. The van der Waals surface area contributed by atoms with Crippen LogP contribution in [-0.2, 0) is 22.7 Å². The van der Waals surface area contributed by atoms with Crippen LogP contribution in [0.25, 0.3) is 0 Å². The monoisotopic (exact) mass is 458 g/mol. The Morgan fingerprint density at radius 2 is 1.68 bits per heavy atom. The molecule has 1 heterocycles. The molecule has 0 fully saturated rings. The molecule has 3 aromatic carbocycles. The maximum absolute atomic E-state index is 13.7. The number of carbonyl (C=O) groups excluding carboxylic acids is 2. The number of methoxy groups -OCH3 is 1. The topological polar surface area (TPSA) is 78.9 Å². The maximum Gasteiger partial charge on any atom is 0.255 e. The largest absolute Gasteiger partial charge is 0.392 e. The van der Waals surface area contributed by atoms with E-state index in [0.29, 0.717) is 31.7 Å². The second kappa shape index (κ2) is 11.1. The second-order valence-corrected chi connectivity index (χ2v) is 8.47. The summed E-state index contributed by atoms with van der Waals surface area (Å²) in [5, 5.41) is 12.6. The van der Waals surface area contributed by atoms with Gasteiger partial charge in [-0.1, -0.05) is 72.8 Å². The van der Waals surface area contributed by atoms with Gasteiger partial charge in [0.05, 0.1) is 18.6 Å². The summed E-state index contributed by atoms with van der Waals surface area (Å²) in [6.45, 7) is 1.37. The number of aliphatic hydroxyl groups excluding tert-OH is 1. The molecular weight excluding hydrogens is 428 g/mol. The predicted molar refractivity (Wildman–Crippen MR) is 130 cm³/mol. The molecule has 0 bridgehead atoms. The van der Waals surface area contributed by atoms with Crippen LogP contribution < -0.4 is 5.32 Å². The molecule has 2 amide bonds. The molecule has 2 N–H and O–H groups in total. The molecular formula is C28H30N2O4. The zero-order valence-electron chi connectivity index (χ0n) is 19.3. The SMILES string of the molecule is COCCCNC(=O)[C@@H]1c2ccccc2C(=O)N(Cc2ccccc2)[C@H]1c1ccc(CO)cc1. The molecule has 2 atom stereocenters. The number of carbonyl (C=O) groups is 2. The van der Waals surface area contributed by atoms with Crippen LogP contribution in [0.15, 0.2) is 78.9 Å². The fraction of sp³-hybridized carbons (Fsp3) is 0.286. The van der Waals surface area contributed by atoms with E-state index in [1.54, 1.807) is 18.1 Å². The van der Waals surface area contributed by atoms with Crippen LogP contribution in [0.4, 0.5) is 0 Å². The lowest BCUT2D eigenvalue weighted by Gasteiger charge is -2.42. The van der Waals surface area contributed by atoms with Gasteiger partial charge < -0.3 is 20.1 Å². The van der Waals surface area contributed by atoms with Gasteiger partial charge >= 0.3 is 0 Å². The number of ether oxygens (including phenoxy) is 1. The second-order valence-electron chi connectivity index (χ2n) is 8.47. The third-order valence-corrected chi connectivity index (χ3v) is 6.25. The fourth-order valence-corrected chi connectivity index (χ4v) is 4.56. The summed E-state index contributed by atoms with van der Waals surface area (Å²) in [6.07, 6.45) is 0.707. The van der Waals surface area contributed by atoms with E-state index in [1.807, 2.05) is 72.8 Å². The number of aliphatic hydroxyl groups is 1. The molecule has 4 rings (SSSR count). The van der Waals surface area contributed by atoms with Crippen molar-refractivity contribution in [2.75, 3.05) is 20.3 Å². The number of hydrogen-bond donors (Lipinski definition) is 2. The number of fused-ring (bicyclic) bond motifs is 1. The minimum atomic E-state index is -0.569. The minimum absolute atomic E-state index is 0.0656. The summed E-state index contributed by atoms with van der Waals surface area (Å²) in [6, 6.07) is 24.2. The van der Waals surface area contributed by atoms with Gasteiger partial charge in [-0.15, -0.1) is 0 Å². The van der Waals surface area contributed by atoms with Gasteiger partial charge in [-0.2, -0.15) is 0 Å². The van der Waals surface area contributed by atoms with Gasteiger partial charge in [-0.05, 0) is 34.7 Å². The molecule has 1 aliphatic heterocycles. The van der Waals surface area contributed by atoms with E-state index in [-0.39, 0.29) is 18.4 Å². The van der Waals surface area contributed by atoms with Crippen LogP contribution in [0.5, 0.6) is 0 Å². The minimum Gasteiger partial charge on any atom is -0.392 e. The van der Waals surface area contributed by atoms with E-state index in [2.05, 4.69) is 5.32 Å². The van der Waals surface area contributed by atoms with Gasteiger partial charge in [-0.3, -0.25) is 9.59 Å². The highest BCUT2D eigenvalue weighted by Crippen LogP contribution is 2.43. The Hall–Kier alpha value is -3.48. The highest BCUT2D eigenvalue weighted by atomic mass is 16.5. The van der Waals surface area contributed by atoms with Crippen LogP contribution in [-0.4, -0.2) is 42.1 Å². The van der Waals surface area contributed by atoms with Gasteiger partial charge in [0, 0.05) is 32.4 Å². The first-order chi connectivity index (χ1) is 16.6. The van der Waals surface area contributed by atoms with Crippen molar-refractivity contribution in [1.29, 1.82) is 0 Å². The van der Waals surface area contributed by atoms with Crippen LogP contribution in [0.2, 0.25) is 0 Å². The fourth-order valence-electron chi connectivity index (χ4n) is 4.56. The number of nitrogens with zero attached hydrogens (tertiary/aromatic N) is 1. The van der Waals surface area contributed by atoms with E-state index in [9.17, 15) is 14.7 Å². The molecule has 0 saturated heterocycles. The first-order valence-electron chi connectivity index (χ1n) is 11.5. The Morgan fingerprint density at radius 3 is 2.38 bits per heavy atom. The van der Waals surface area contributed by atoms with Crippen molar-refractivity contribution in [3.05, 3.63) is 107 Å². The normalized spacial score (nSPS) is 17.4. The van der Waals surface area contributed by atoms with Gasteiger partial charge in [0.1, 0.15) is 0 Å². The van der Waals surface area contributed by atoms with Crippen LogP contribution >= 0.6 is 0 Å².